The first-order valence-electron chi connectivity index (χ1n) is 9.64. The van der Waals surface area contributed by atoms with Crippen LogP contribution in [0.4, 0.5) is 26.3 Å². The summed E-state index contributed by atoms with van der Waals surface area (Å²) in [4.78, 5) is 23.2. The summed E-state index contributed by atoms with van der Waals surface area (Å²) >= 11 is 23.6. The molecule has 0 aliphatic rings. The number of alkyl halides is 6. The zero-order chi connectivity index (χ0) is 26.6. The molecule has 1 amide bonds. The minimum atomic E-state index is -4.67. The fourth-order valence-corrected chi connectivity index (χ4v) is 3.78. The van der Waals surface area contributed by atoms with E-state index >= 15 is 0 Å². The highest BCUT2D eigenvalue weighted by molar-refractivity contribution is 6.48. The quantitative estimate of drug-likeness (QED) is 0.196. The van der Waals surface area contributed by atoms with Crippen molar-refractivity contribution in [2.45, 2.75) is 31.1 Å². The van der Waals surface area contributed by atoms with Crippen molar-refractivity contribution < 1.29 is 35.9 Å². The van der Waals surface area contributed by atoms with Crippen molar-refractivity contribution in [1.82, 2.24) is 5.32 Å². The van der Waals surface area contributed by atoms with Crippen molar-refractivity contribution in [3.05, 3.63) is 73.2 Å². The van der Waals surface area contributed by atoms with Gasteiger partial charge >= 0.3 is 12.4 Å². The summed E-state index contributed by atoms with van der Waals surface area (Å²) in [6.07, 6.45) is -7.73. The minimum absolute atomic E-state index is 0.0615. The van der Waals surface area contributed by atoms with Gasteiger partial charge in [-0.3, -0.25) is 9.59 Å². The molecule has 1 atom stereocenters. The molecule has 0 saturated carbocycles. The van der Waals surface area contributed by atoms with E-state index in [1.165, 1.54) is 29.6 Å². The highest BCUT2D eigenvalue weighted by Crippen LogP contribution is 2.41. The Morgan fingerprint density at radius 1 is 0.914 bits per heavy atom. The van der Waals surface area contributed by atoms with E-state index in [2.05, 4.69) is 0 Å². The molecule has 0 aliphatic carbocycles. The number of halogens is 10. The number of carbonyl (C=O) groups is 2. The Morgan fingerprint density at radius 3 is 2.03 bits per heavy atom. The maximum Gasteiger partial charge on any atom is 0.405 e. The van der Waals surface area contributed by atoms with Crippen LogP contribution in [0, 0.1) is 0 Å². The number of benzene rings is 2. The summed E-state index contributed by atoms with van der Waals surface area (Å²) in [5, 5.41) is 1.23. The smallest absolute Gasteiger partial charge is 0.340 e. The molecule has 1 unspecified atom stereocenters. The molecule has 35 heavy (non-hydrogen) atoms. The first-order chi connectivity index (χ1) is 16.1. The van der Waals surface area contributed by atoms with Crippen molar-refractivity contribution in [3.63, 3.8) is 0 Å². The van der Waals surface area contributed by atoms with Crippen LogP contribution in [0.15, 0.2) is 36.4 Å². The van der Waals surface area contributed by atoms with Crippen molar-refractivity contribution in [3.8, 4) is 0 Å². The molecule has 0 aromatic heterocycles. The number of hydrogen-bond donors (Lipinski definition) is 1. The van der Waals surface area contributed by atoms with Gasteiger partial charge in [-0.1, -0.05) is 70.7 Å². The van der Waals surface area contributed by atoms with Crippen molar-refractivity contribution in [2.24, 2.45) is 0 Å². The summed E-state index contributed by atoms with van der Waals surface area (Å²) < 4.78 is 77.3. The van der Waals surface area contributed by atoms with Gasteiger partial charge in [0.1, 0.15) is 6.54 Å². The van der Waals surface area contributed by atoms with Crippen LogP contribution < -0.4 is 5.32 Å². The Labute approximate surface area is 216 Å². The van der Waals surface area contributed by atoms with E-state index in [-0.39, 0.29) is 32.1 Å². The lowest BCUT2D eigenvalue weighted by Crippen LogP contribution is -2.38. The molecule has 0 bridgehead atoms. The number of nitrogens with one attached hydrogen (secondary N) is 1. The van der Waals surface area contributed by atoms with Gasteiger partial charge in [-0.05, 0) is 41.3 Å². The summed E-state index contributed by atoms with van der Waals surface area (Å²) in [7, 11) is 0. The number of rotatable bonds is 8. The molecule has 2 aromatic carbocycles. The molecule has 190 valence electrons. The molecule has 0 saturated heterocycles. The summed E-state index contributed by atoms with van der Waals surface area (Å²) in [6, 6.07) is 6.34. The van der Waals surface area contributed by atoms with Crippen LogP contribution in [0.2, 0.25) is 20.1 Å². The van der Waals surface area contributed by atoms with Gasteiger partial charge in [0, 0.05) is 11.4 Å². The lowest BCUT2D eigenvalue weighted by molar-refractivity contribution is -0.145. The van der Waals surface area contributed by atoms with Gasteiger partial charge in [-0.25, -0.2) is 0 Å². The second kappa shape index (κ2) is 11.9. The molecule has 0 aliphatic heterocycles. The fraction of sp³-hybridized carbons (Fsp3) is 0.273. The van der Waals surface area contributed by atoms with Crippen LogP contribution in [0.1, 0.15) is 29.0 Å². The molecule has 0 spiro atoms. The van der Waals surface area contributed by atoms with Crippen LogP contribution in [0.25, 0.3) is 6.08 Å². The topological polar surface area (TPSA) is 46.2 Å². The Morgan fingerprint density at radius 2 is 1.51 bits per heavy atom. The fourth-order valence-electron chi connectivity index (χ4n) is 2.88. The van der Waals surface area contributed by atoms with E-state index < -0.39 is 42.9 Å². The first-order valence-corrected chi connectivity index (χ1v) is 11.1. The van der Waals surface area contributed by atoms with Crippen molar-refractivity contribution in [1.29, 1.82) is 0 Å². The average molecular weight is 581 g/mol. The number of carbonyl (C=O) groups excluding carboxylic acids is 2. The van der Waals surface area contributed by atoms with Gasteiger partial charge in [0.05, 0.1) is 21.0 Å². The monoisotopic (exact) mass is 579 g/mol. The van der Waals surface area contributed by atoms with Crippen molar-refractivity contribution in [2.75, 3.05) is 6.54 Å². The van der Waals surface area contributed by atoms with Gasteiger partial charge in [0.15, 0.2) is 0 Å². The third-order valence-corrected chi connectivity index (χ3v) is 6.15. The molecule has 0 heterocycles. The first kappa shape index (κ1) is 29.3. The molecule has 3 nitrogen and oxygen atoms in total. The second-order valence-electron chi connectivity index (χ2n) is 7.25. The van der Waals surface area contributed by atoms with E-state index in [0.29, 0.717) is 11.1 Å². The number of Topliss-reactive ketones (excluding diaryl/α,β-unsaturated/α-hetero) is 1. The van der Waals surface area contributed by atoms with E-state index in [1.807, 2.05) is 0 Å². The lowest BCUT2D eigenvalue weighted by atomic mass is 9.96. The van der Waals surface area contributed by atoms with Crippen LogP contribution >= 0.6 is 46.4 Å². The van der Waals surface area contributed by atoms with Crippen LogP contribution in [0.5, 0.6) is 0 Å². The maximum atomic E-state index is 13.7. The molecular weight excluding hydrogens is 566 g/mol. The predicted octanol–water partition coefficient (Wildman–Crippen LogP) is 7.84. The standard InChI is InChI=1S/C22H15Cl4F6NO2/c23-15-7-11(1-3-12(15)4-6-18(34)20(35)33-10-21(27,28)29)2-5-14(22(30,31)32)13-8-16(24)19(26)17(25)9-13/h1-3,5,7-9,14H,4,6,10H2,(H,33,35)/b5-2+. The lowest BCUT2D eigenvalue weighted by Gasteiger charge is -2.18. The van der Waals surface area contributed by atoms with Crippen LogP contribution in [0.3, 0.4) is 0 Å². The Kier molecular flexibility index (Phi) is 9.93. The predicted molar refractivity (Wildman–Crippen MR) is 123 cm³/mol. The molecular formula is C22H15Cl4F6NO2. The summed E-state index contributed by atoms with van der Waals surface area (Å²) in [5.41, 5.74) is 0.455. The van der Waals surface area contributed by atoms with E-state index in [4.69, 9.17) is 46.4 Å². The van der Waals surface area contributed by atoms with Crippen molar-refractivity contribution >= 4 is 64.2 Å². The molecule has 2 rings (SSSR count). The Balaban J connectivity index is 2.13. The van der Waals surface area contributed by atoms with Gasteiger partial charge in [0.25, 0.3) is 5.91 Å². The second-order valence-corrected chi connectivity index (χ2v) is 8.85. The summed E-state index contributed by atoms with van der Waals surface area (Å²) in [5.74, 6) is -4.50. The minimum Gasteiger partial charge on any atom is -0.340 e. The molecule has 2 aromatic rings. The SMILES string of the molecule is O=C(CCc1ccc(/C=C/C(c2cc(Cl)c(Cl)c(Cl)c2)C(F)(F)F)cc1Cl)C(=O)NCC(F)(F)F. The number of allylic oxidation sites excluding steroid dienone is 1. The average Bonchev–Trinajstić information content (AvgIpc) is 2.73. The number of ketones is 1. The van der Waals surface area contributed by atoms with Gasteiger partial charge < -0.3 is 5.32 Å². The van der Waals surface area contributed by atoms with E-state index in [1.54, 1.807) is 0 Å². The number of aryl methyl sites for hydroxylation is 1. The Bertz CT molecular complexity index is 1110. The zero-order valence-corrected chi connectivity index (χ0v) is 20.4. The highest BCUT2D eigenvalue weighted by Gasteiger charge is 2.39. The van der Waals surface area contributed by atoms with Crippen LogP contribution in [-0.2, 0) is 16.0 Å². The highest BCUT2D eigenvalue weighted by atomic mass is 35.5. The molecule has 1 N–H and O–H groups in total. The van der Waals surface area contributed by atoms with Gasteiger partial charge in [-0.15, -0.1) is 0 Å². The van der Waals surface area contributed by atoms with Gasteiger partial charge in [0.2, 0.25) is 5.78 Å². The molecule has 13 heteroatoms. The molecule has 0 fully saturated rings. The van der Waals surface area contributed by atoms with E-state index in [9.17, 15) is 35.9 Å². The number of amides is 1. The number of hydrogen-bond acceptors (Lipinski definition) is 2. The third-order valence-electron chi connectivity index (χ3n) is 4.60. The van der Waals surface area contributed by atoms with Gasteiger partial charge in [-0.2, -0.15) is 26.3 Å². The normalized spacial score (nSPS) is 13.2. The largest absolute Gasteiger partial charge is 0.405 e. The molecule has 0 radical (unpaired) electrons. The Hall–Kier alpha value is -1.94. The maximum absolute atomic E-state index is 13.7. The zero-order valence-electron chi connectivity index (χ0n) is 17.3. The summed E-state index contributed by atoms with van der Waals surface area (Å²) in [6.45, 7) is -1.63. The van der Waals surface area contributed by atoms with E-state index in [0.717, 1.165) is 18.2 Å². The third kappa shape index (κ3) is 8.90. The van der Waals surface area contributed by atoms with Crippen LogP contribution in [-0.4, -0.2) is 30.6 Å².